The molecular formula is C16H27ClN2O. The molecule has 0 unspecified atom stereocenters. The fourth-order valence-corrected chi connectivity index (χ4v) is 2.03. The molecule has 0 radical (unpaired) electrons. The highest BCUT2D eigenvalue weighted by Crippen LogP contribution is 2.23. The van der Waals surface area contributed by atoms with E-state index in [2.05, 4.69) is 34.9 Å². The van der Waals surface area contributed by atoms with Crippen molar-refractivity contribution < 1.29 is 4.79 Å². The molecule has 0 fully saturated rings. The van der Waals surface area contributed by atoms with Crippen LogP contribution in [0.15, 0.2) is 30.3 Å². The van der Waals surface area contributed by atoms with Crippen molar-refractivity contribution in [3.63, 3.8) is 0 Å². The van der Waals surface area contributed by atoms with Gasteiger partial charge in [-0.2, -0.15) is 0 Å². The number of halogens is 1. The molecule has 2 N–H and O–H groups in total. The SMILES string of the molecule is CNCCNC(=O)C(C)(C)CCCc1ccccc1.Cl. The highest BCUT2D eigenvalue weighted by atomic mass is 35.5. The summed E-state index contributed by atoms with van der Waals surface area (Å²) in [5, 5.41) is 6.00. The van der Waals surface area contributed by atoms with Crippen LogP contribution < -0.4 is 10.6 Å². The monoisotopic (exact) mass is 298 g/mol. The molecule has 0 bridgehead atoms. The lowest BCUT2D eigenvalue weighted by molar-refractivity contribution is -0.129. The van der Waals surface area contributed by atoms with Gasteiger partial charge in [-0.05, 0) is 31.9 Å². The van der Waals surface area contributed by atoms with Crippen LogP contribution in [-0.2, 0) is 11.2 Å². The molecule has 1 aromatic rings. The lowest BCUT2D eigenvalue weighted by atomic mass is 9.85. The first-order valence-corrected chi connectivity index (χ1v) is 7.03. The van der Waals surface area contributed by atoms with Gasteiger partial charge in [-0.25, -0.2) is 0 Å². The zero-order valence-corrected chi connectivity index (χ0v) is 13.6. The number of nitrogens with one attached hydrogen (secondary N) is 2. The number of carbonyl (C=O) groups excluding carboxylic acids is 1. The van der Waals surface area contributed by atoms with E-state index < -0.39 is 0 Å². The predicted molar refractivity (Wildman–Crippen MR) is 87.3 cm³/mol. The summed E-state index contributed by atoms with van der Waals surface area (Å²) in [5.74, 6) is 0.149. The van der Waals surface area contributed by atoms with Crippen LogP contribution in [0.2, 0.25) is 0 Å². The average molecular weight is 299 g/mol. The summed E-state index contributed by atoms with van der Waals surface area (Å²) < 4.78 is 0. The van der Waals surface area contributed by atoms with Crippen LogP contribution in [0.3, 0.4) is 0 Å². The van der Waals surface area contributed by atoms with Crippen LogP contribution in [0.25, 0.3) is 0 Å². The van der Waals surface area contributed by atoms with Gasteiger partial charge in [-0.15, -0.1) is 12.4 Å². The van der Waals surface area contributed by atoms with Crippen LogP contribution in [0.1, 0.15) is 32.3 Å². The van der Waals surface area contributed by atoms with E-state index >= 15 is 0 Å². The molecule has 0 saturated carbocycles. The van der Waals surface area contributed by atoms with Crippen LogP contribution in [0, 0.1) is 5.41 Å². The topological polar surface area (TPSA) is 41.1 Å². The molecule has 0 heterocycles. The summed E-state index contributed by atoms with van der Waals surface area (Å²) in [7, 11) is 1.89. The van der Waals surface area contributed by atoms with Crippen molar-refractivity contribution in [3.05, 3.63) is 35.9 Å². The number of benzene rings is 1. The molecule has 0 atom stereocenters. The van der Waals surface area contributed by atoms with E-state index in [0.29, 0.717) is 6.54 Å². The number of likely N-dealkylation sites (N-methyl/N-ethyl adjacent to an activating group) is 1. The van der Waals surface area contributed by atoms with Gasteiger partial charge >= 0.3 is 0 Å². The zero-order chi connectivity index (χ0) is 14.1. The normalized spacial score (nSPS) is 10.8. The van der Waals surface area contributed by atoms with Crippen molar-refractivity contribution in [2.24, 2.45) is 5.41 Å². The number of amides is 1. The molecule has 3 nitrogen and oxygen atoms in total. The Morgan fingerprint density at radius 3 is 2.40 bits per heavy atom. The Morgan fingerprint density at radius 1 is 1.15 bits per heavy atom. The van der Waals surface area contributed by atoms with Gasteiger partial charge in [0.2, 0.25) is 5.91 Å². The largest absolute Gasteiger partial charge is 0.354 e. The van der Waals surface area contributed by atoms with E-state index in [1.807, 2.05) is 27.0 Å². The lowest BCUT2D eigenvalue weighted by Gasteiger charge is -2.23. The van der Waals surface area contributed by atoms with Crippen molar-refractivity contribution in [2.75, 3.05) is 20.1 Å². The van der Waals surface area contributed by atoms with Gasteiger partial charge in [0.1, 0.15) is 0 Å². The van der Waals surface area contributed by atoms with Gasteiger partial charge < -0.3 is 10.6 Å². The van der Waals surface area contributed by atoms with Gasteiger partial charge in [0.25, 0.3) is 0 Å². The van der Waals surface area contributed by atoms with Crippen molar-refractivity contribution in [1.82, 2.24) is 10.6 Å². The minimum atomic E-state index is -0.289. The molecular weight excluding hydrogens is 272 g/mol. The van der Waals surface area contributed by atoms with Crippen molar-refractivity contribution >= 4 is 18.3 Å². The summed E-state index contributed by atoms with van der Waals surface area (Å²) in [4.78, 5) is 12.0. The van der Waals surface area contributed by atoms with Crippen molar-refractivity contribution in [1.29, 1.82) is 0 Å². The van der Waals surface area contributed by atoms with Gasteiger partial charge in [0.15, 0.2) is 0 Å². The summed E-state index contributed by atoms with van der Waals surface area (Å²) in [5.41, 5.74) is 1.05. The summed E-state index contributed by atoms with van der Waals surface area (Å²) >= 11 is 0. The Morgan fingerprint density at radius 2 is 1.80 bits per heavy atom. The molecule has 114 valence electrons. The van der Waals surface area contributed by atoms with Gasteiger partial charge in [-0.1, -0.05) is 44.2 Å². The molecule has 1 rings (SSSR count). The molecule has 0 aliphatic heterocycles. The maximum Gasteiger partial charge on any atom is 0.225 e. The fourth-order valence-electron chi connectivity index (χ4n) is 2.03. The minimum absolute atomic E-state index is 0. The third kappa shape index (κ3) is 6.92. The maximum absolute atomic E-state index is 12.0. The van der Waals surface area contributed by atoms with E-state index in [0.717, 1.165) is 25.8 Å². The van der Waals surface area contributed by atoms with E-state index in [1.165, 1.54) is 5.56 Å². The molecule has 0 saturated heterocycles. The third-order valence-corrected chi connectivity index (χ3v) is 3.39. The van der Waals surface area contributed by atoms with E-state index in [-0.39, 0.29) is 23.7 Å². The molecule has 20 heavy (non-hydrogen) atoms. The Labute approximate surface area is 128 Å². The number of aryl methyl sites for hydroxylation is 1. The molecule has 0 aliphatic carbocycles. The van der Waals surface area contributed by atoms with Crippen LogP contribution in [0.5, 0.6) is 0 Å². The Balaban J connectivity index is 0.00000361. The quantitative estimate of drug-likeness (QED) is 0.725. The number of hydrogen-bond donors (Lipinski definition) is 2. The van der Waals surface area contributed by atoms with Crippen molar-refractivity contribution in [3.8, 4) is 0 Å². The van der Waals surface area contributed by atoms with Crippen LogP contribution >= 0.6 is 12.4 Å². The molecule has 0 aliphatic rings. The Bertz CT molecular complexity index is 379. The van der Waals surface area contributed by atoms with Crippen molar-refractivity contribution in [2.45, 2.75) is 33.1 Å². The molecule has 4 heteroatoms. The number of hydrogen-bond acceptors (Lipinski definition) is 2. The van der Waals surface area contributed by atoms with E-state index in [1.54, 1.807) is 0 Å². The highest BCUT2D eigenvalue weighted by Gasteiger charge is 2.26. The van der Waals surface area contributed by atoms with Gasteiger partial charge in [0.05, 0.1) is 0 Å². The number of carbonyl (C=O) groups is 1. The first-order valence-electron chi connectivity index (χ1n) is 7.03. The molecule has 1 amide bonds. The second-order valence-electron chi connectivity index (χ2n) is 5.58. The molecule has 0 spiro atoms. The summed E-state index contributed by atoms with van der Waals surface area (Å²) in [6, 6.07) is 10.4. The Hall–Kier alpha value is -1.06. The van der Waals surface area contributed by atoms with Crippen LogP contribution in [0.4, 0.5) is 0 Å². The fraction of sp³-hybridized carbons (Fsp3) is 0.562. The minimum Gasteiger partial charge on any atom is -0.354 e. The molecule has 0 aromatic heterocycles. The third-order valence-electron chi connectivity index (χ3n) is 3.39. The standard InChI is InChI=1S/C16H26N2O.ClH/c1-16(2,15(19)18-13-12-17-3)11-7-10-14-8-5-4-6-9-14;/h4-6,8-9,17H,7,10-13H2,1-3H3,(H,18,19);1H. The maximum atomic E-state index is 12.0. The first-order chi connectivity index (χ1) is 9.06. The number of rotatable bonds is 8. The van der Waals surface area contributed by atoms with Gasteiger partial charge in [0, 0.05) is 18.5 Å². The van der Waals surface area contributed by atoms with E-state index in [9.17, 15) is 4.79 Å². The summed E-state index contributed by atoms with van der Waals surface area (Å²) in [6.45, 7) is 5.54. The predicted octanol–water partition coefficient (Wildman–Crippen LogP) is 2.79. The summed E-state index contributed by atoms with van der Waals surface area (Å²) in [6.07, 6.45) is 2.98. The first kappa shape index (κ1) is 18.9. The Kier molecular flexibility index (Phi) is 9.26. The van der Waals surface area contributed by atoms with Gasteiger partial charge in [-0.3, -0.25) is 4.79 Å². The second kappa shape index (κ2) is 9.78. The zero-order valence-electron chi connectivity index (χ0n) is 12.7. The smallest absolute Gasteiger partial charge is 0.225 e. The average Bonchev–Trinajstić information content (AvgIpc) is 2.40. The second-order valence-corrected chi connectivity index (χ2v) is 5.58. The lowest BCUT2D eigenvalue weighted by Crippen LogP contribution is -2.39. The van der Waals surface area contributed by atoms with Crippen LogP contribution in [-0.4, -0.2) is 26.0 Å². The molecule has 1 aromatic carbocycles. The van der Waals surface area contributed by atoms with E-state index in [4.69, 9.17) is 0 Å². The highest BCUT2D eigenvalue weighted by molar-refractivity contribution is 5.85.